The summed E-state index contributed by atoms with van der Waals surface area (Å²) in [7, 11) is -3.43. The maximum Gasteiger partial charge on any atom is 0.255 e. The van der Waals surface area contributed by atoms with E-state index in [9.17, 15) is 18.0 Å². The quantitative estimate of drug-likeness (QED) is 0.535. The highest BCUT2D eigenvalue weighted by Crippen LogP contribution is 2.38. The van der Waals surface area contributed by atoms with E-state index in [0.29, 0.717) is 28.4 Å². The third kappa shape index (κ3) is 6.01. The molecule has 1 aliphatic rings. The van der Waals surface area contributed by atoms with Crippen LogP contribution in [0.1, 0.15) is 29.3 Å². The molecule has 0 heterocycles. The molecule has 3 rings (SSSR count). The molecule has 3 N–H and O–H groups in total. The third-order valence-corrected chi connectivity index (χ3v) is 6.20. The molecule has 2 atom stereocenters. The number of hydrogen-bond donors (Lipinski definition) is 3. The van der Waals surface area contributed by atoms with Crippen molar-refractivity contribution >= 4 is 33.2 Å². The zero-order chi connectivity index (χ0) is 21.7. The molecule has 2 unspecified atom stereocenters. The first-order valence-electron chi connectivity index (χ1n) is 9.67. The van der Waals surface area contributed by atoms with Crippen molar-refractivity contribution in [3.8, 4) is 0 Å². The Hall–Kier alpha value is -2.97. The molecule has 2 aromatic carbocycles. The molecule has 0 saturated heterocycles. The second kappa shape index (κ2) is 9.23. The molecule has 2 aromatic rings. The number of benzene rings is 2. The predicted octanol–water partition coefficient (Wildman–Crippen LogP) is 3.14. The van der Waals surface area contributed by atoms with E-state index < -0.39 is 10.0 Å². The van der Waals surface area contributed by atoms with E-state index in [0.717, 1.165) is 6.42 Å². The summed E-state index contributed by atoms with van der Waals surface area (Å²) in [5.41, 5.74) is 2.27. The first-order chi connectivity index (χ1) is 14.3. The van der Waals surface area contributed by atoms with Gasteiger partial charge in [0.05, 0.1) is 5.75 Å². The highest BCUT2D eigenvalue weighted by molar-refractivity contribution is 7.88. The summed E-state index contributed by atoms with van der Waals surface area (Å²) in [4.78, 5) is 24.4. The van der Waals surface area contributed by atoms with E-state index in [1.165, 1.54) is 6.08 Å². The van der Waals surface area contributed by atoms with Crippen molar-refractivity contribution in [1.29, 1.82) is 0 Å². The van der Waals surface area contributed by atoms with Gasteiger partial charge in [0.1, 0.15) is 0 Å². The molecule has 7 nitrogen and oxygen atoms in total. The molecular weight excluding hydrogens is 402 g/mol. The summed E-state index contributed by atoms with van der Waals surface area (Å²) in [6.45, 7) is 5.70. The topological polar surface area (TPSA) is 104 Å². The maximum atomic E-state index is 12.4. The minimum Gasteiger partial charge on any atom is -0.326 e. The molecular formula is C22H25N3O4S. The van der Waals surface area contributed by atoms with Crippen molar-refractivity contribution in [3.05, 3.63) is 72.3 Å². The van der Waals surface area contributed by atoms with Gasteiger partial charge in [-0.25, -0.2) is 13.1 Å². The van der Waals surface area contributed by atoms with Gasteiger partial charge in [0, 0.05) is 29.4 Å². The van der Waals surface area contributed by atoms with Gasteiger partial charge < -0.3 is 10.6 Å². The normalized spacial score (nSPS) is 17.8. The molecule has 1 fully saturated rings. The largest absolute Gasteiger partial charge is 0.326 e. The SMILES string of the molecule is C=CCNS(=O)(=O)Cc1ccc(NC(=O)c2ccc(NC(=O)C3CC3C)cc2)cc1. The highest BCUT2D eigenvalue weighted by Gasteiger charge is 2.39. The Kier molecular flexibility index (Phi) is 6.69. The van der Waals surface area contributed by atoms with Crippen molar-refractivity contribution in [2.24, 2.45) is 11.8 Å². The molecule has 0 aliphatic heterocycles. The van der Waals surface area contributed by atoms with E-state index in [1.807, 2.05) is 6.92 Å². The zero-order valence-electron chi connectivity index (χ0n) is 16.7. The van der Waals surface area contributed by atoms with Gasteiger partial charge in [-0.15, -0.1) is 6.58 Å². The Balaban J connectivity index is 1.55. The lowest BCUT2D eigenvalue weighted by atomic mass is 10.1. The first kappa shape index (κ1) is 21.7. The molecule has 0 radical (unpaired) electrons. The van der Waals surface area contributed by atoms with E-state index in [4.69, 9.17) is 0 Å². The van der Waals surface area contributed by atoms with Crippen LogP contribution in [-0.2, 0) is 20.6 Å². The number of rotatable bonds is 9. The number of carbonyl (C=O) groups excluding carboxylic acids is 2. The van der Waals surface area contributed by atoms with Crippen LogP contribution < -0.4 is 15.4 Å². The van der Waals surface area contributed by atoms with Gasteiger partial charge in [-0.1, -0.05) is 25.1 Å². The Bertz CT molecular complexity index is 1030. The fourth-order valence-corrected chi connectivity index (χ4v) is 4.08. The van der Waals surface area contributed by atoms with Crippen LogP contribution in [0.5, 0.6) is 0 Å². The van der Waals surface area contributed by atoms with Gasteiger partial charge in [-0.2, -0.15) is 0 Å². The van der Waals surface area contributed by atoms with Crippen molar-refractivity contribution in [3.63, 3.8) is 0 Å². The van der Waals surface area contributed by atoms with Crippen LogP contribution in [0.15, 0.2) is 61.2 Å². The van der Waals surface area contributed by atoms with Crippen molar-refractivity contribution in [2.45, 2.75) is 19.1 Å². The molecule has 0 spiro atoms. The Morgan fingerprint density at radius 3 is 2.17 bits per heavy atom. The van der Waals surface area contributed by atoms with Gasteiger partial charge in [0.25, 0.3) is 5.91 Å². The lowest BCUT2D eigenvalue weighted by Gasteiger charge is -2.09. The van der Waals surface area contributed by atoms with E-state index in [1.54, 1.807) is 48.5 Å². The highest BCUT2D eigenvalue weighted by atomic mass is 32.2. The van der Waals surface area contributed by atoms with Crippen molar-refractivity contribution in [2.75, 3.05) is 17.2 Å². The van der Waals surface area contributed by atoms with Crippen molar-refractivity contribution in [1.82, 2.24) is 4.72 Å². The number of nitrogens with one attached hydrogen (secondary N) is 3. The fourth-order valence-electron chi connectivity index (χ4n) is 2.97. The molecule has 0 aromatic heterocycles. The summed E-state index contributed by atoms with van der Waals surface area (Å²) >= 11 is 0. The van der Waals surface area contributed by atoms with E-state index >= 15 is 0 Å². The van der Waals surface area contributed by atoms with Gasteiger partial charge >= 0.3 is 0 Å². The molecule has 30 heavy (non-hydrogen) atoms. The molecule has 0 bridgehead atoms. The smallest absolute Gasteiger partial charge is 0.255 e. The summed E-state index contributed by atoms with van der Waals surface area (Å²) in [5, 5.41) is 5.63. The lowest BCUT2D eigenvalue weighted by Crippen LogP contribution is -2.25. The molecule has 1 aliphatic carbocycles. The van der Waals surface area contributed by atoms with E-state index in [2.05, 4.69) is 21.9 Å². The molecule has 8 heteroatoms. The third-order valence-electron chi connectivity index (χ3n) is 4.88. The minimum absolute atomic E-state index is 0.0153. The second-order valence-electron chi connectivity index (χ2n) is 7.43. The monoisotopic (exact) mass is 427 g/mol. The van der Waals surface area contributed by atoms with Gasteiger partial charge in [-0.3, -0.25) is 9.59 Å². The summed E-state index contributed by atoms with van der Waals surface area (Å²) in [6.07, 6.45) is 2.40. The maximum absolute atomic E-state index is 12.4. The van der Waals surface area contributed by atoms with Crippen LogP contribution in [0.4, 0.5) is 11.4 Å². The summed E-state index contributed by atoms with van der Waals surface area (Å²) in [6, 6.07) is 13.3. The van der Waals surface area contributed by atoms with E-state index in [-0.39, 0.29) is 30.0 Å². The zero-order valence-corrected chi connectivity index (χ0v) is 17.5. The van der Waals surface area contributed by atoms with Crippen LogP contribution in [0.2, 0.25) is 0 Å². The van der Waals surface area contributed by atoms with Gasteiger partial charge in [0.2, 0.25) is 15.9 Å². The Labute approximate surface area is 176 Å². The number of hydrogen-bond acceptors (Lipinski definition) is 4. The van der Waals surface area contributed by atoms with Gasteiger partial charge in [-0.05, 0) is 54.3 Å². The predicted molar refractivity (Wildman–Crippen MR) is 118 cm³/mol. The summed E-state index contributed by atoms with van der Waals surface area (Å²) in [5.74, 6) is 0.0916. The fraction of sp³-hybridized carbons (Fsp3) is 0.273. The van der Waals surface area contributed by atoms with Crippen LogP contribution in [0.25, 0.3) is 0 Å². The Morgan fingerprint density at radius 2 is 1.60 bits per heavy atom. The lowest BCUT2D eigenvalue weighted by molar-refractivity contribution is -0.117. The van der Waals surface area contributed by atoms with Crippen LogP contribution >= 0.6 is 0 Å². The summed E-state index contributed by atoms with van der Waals surface area (Å²) < 4.78 is 26.2. The molecule has 1 saturated carbocycles. The van der Waals surface area contributed by atoms with Gasteiger partial charge in [0.15, 0.2) is 0 Å². The number of sulfonamides is 1. The second-order valence-corrected chi connectivity index (χ2v) is 9.24. The minimum atomic E-state index is -3.43. The number of amides is 2. The van der Waals surface area contributed by atoms with Crippen LogP contribution in [-0.4, -0.2) is 26.8 Å². The Morgan fingerprint density at radius 1 is 1.03 bits per heavy atom. The molecule has 2 amide bonds. The first-order valence-corrected chi connectivity index (χ1v) is 11.3. The van der Waals surface area contributed by atoms with Crippen LogP contribution in [0, 0.1) is 11.8 Å². The average molecular weight is 428 g/mol. The standard InChI is InChI=1S/C22H25N3O4S/c1-3-12-23-30(28,29)14-16-4-8-18(9-5-16)24-21(26)17-6-10-19(11-7-17)25-22(27)20-13-15(20)2/h3-11,15,20,23H,1,12-14H2,2H3,(H,24,26)(H,25,27). The van der Waals surface area contributed by atoms with Crippen molar-refractivity contribution < 1.29 is 18.0 Å². The number of carbonyl (C=O) groups is 2. The average Bonchev–Trinajstić information content (AvgIpc) is 3.45. The van der Waals surface area contributed by atoms with Crippen LogP contribution in [0.3, 0.4) is 0 Å². The number of anilines is 2. The molecule has 158 valence electrons.